The Hall–Kier alpha value is -1.14. The minimum absolute atomic E-state index is 0.150. The highest BCUT2D eigenvalue weighted by atomic mass is 35.5. The molecular weight excluding hydrogens is 258 g/mol. The average Bonchev–Trinajstić information content (AvgIpc) is 2.72. The maximum atomic E-state index is 11.6. The van der Waals surface area contributed by atoms with Crippen molar-refractivity contribution in [2.45, 2.75) is 39.3 Å². The van der Waals surface area contributed by atoms with Crippen molar-refractivity contribution >= 4 is 17.6 Å². The lowest BCUT2D eigenvalue weighted by Crippen LogP contribution is -2.14. The number of hydrogen-bond donors (Lipinski definition) is 0. The van der Waals surface area contributed by atoms with E-state index >= 15 is 0 Å². The SMILES string of the molecule is CCOC(=O)c1nnn(CCOC(C)C)c1CCl. The molecule has 1 heterocycles. The number of esters is 1. The maximum Gasteiger partial charge on any atom is 0.360 e. The topological polar surface area (TPSA) is 66.2 Å². The van der Waals surface area contributed by atoms with Gasteiger partial charge in [-0.2, -0.15) is 0 Å². The van der Waals surface area contributed by atoms with Crippen LogP contribution < -0.4 is 0 Å². The first-order valence-corrected chi connectivity index (χ1v) is 6.40. The Morgan fingerprint density at radius 1 is 1.50 bits per heavy atom. The van der Waals surface area contributed by atoms with E-state index in [9.17, 15) is 4.79 Å². The zero-order chi connectivity index (χ0) is 13.5. The number of alkyl halides is 1. The van der Waals surface area contributed by atoms with Crippen LogP contribution in [0.5, 0.6) is 0 Å². The highest BCUT2D eigenvalue weighted by molar-refractivity contribution is 6.17. The van der Waals surface area contributed by atoms with Gasteiger partial charge in [0.25, 0.3) is 0 Å². The average molecular weight is 276 g/mol. The zero-order valence-corrected chi connectivity index (χ0v) is 11.6. The number of aromatic nitrogens is 3. The van der Waals surface area contributed by atoms with E-state index in [1.165, 1.54) is 0 Å². The fourth-order valence-corrected chi connectivity index (χ4v) is 1.64. The fraction of sp³-hybridized carbons (Fsp3) is 0.727. The van der Waals surface area contributed by atoms with Crippen LogP contribution in [0.15, 0.2) is 0 Å². The van der Waals surface area contributed by atoms with E-state index in [0.717, 1.165) is 0 Å². The van der Waals surface area contributed by atoms with Crippen LogP contribution in [0.25, 0.3) is 0 Å². The summed E-state index contributed by atoms with van der Waals surface area (Å²) in [6.45, 7) is 6.94. The first kappa shape index (κ1) is 14.9. The standard InChI is InChI=1S/C11H18ClN3O3/c1-4-17-11(16)10-9(7-12)15(14-13-10)5-6-18-8(2)3/h8H,4-7H2,1-3H3. The summed E-state index contributed by atoms with van der Waals surface area (Å²) < 4.78 is 11.9. The van der Waals surface area contributed by atoms with Crippen LogP contribution in [-0.4, -0.2) is 40.3 Å². The highest BCUT2D eigenvalue weighted by Crippen LogP contribution is 2.10. The Kier molecular flexibility index (Phi) is 6.07. The van der Waals surface area contributed by atoms with E-state index in [1.54, 1.807) is 11.6 Å². The molecule has 0 saturated carbocycles. The van der Waals surface area contributed by atoms with Crippen molar-refractivity contribution in [3.63, 3.8) is 0 Å². The molecule has 0 saturated heterocycles. The minimum Gasteiger partial charge on any atom is -0.461 e. The molecular formula is C11H18ClN3O3. The molecule has 102 valence electrons. The lowest BCUT2D eigenvalue weighted by Gasteiger charge is -2.08. The predicted octanol–water partition coefficient (Wildman–Crippen LogP) is 1.62. The van der Waals surface area contributed by atoms with E-state index in [1.807, 2.05) is 13.8 Å². The summed E-state index contributed by atoms with van der Waals surface area (Å²) >= 11 is 5.81. The summed E-state index contributed by atoms with van der Waals surface area (Å²) in [5.74, 6) is -0.341. The summed E-state index contributed by atoms with van der Waals surface area (Å²) in [5.41, 5.74) is 0.735. The molecule has 6 nitrogen and oxygen atoms in total. The second-order valence-corrected chi connectivity index (χ2v) is 4.15. The van der Waals surface area contributed by atoms with Gasteiger partial charge in [0.05, 0.1) is 37.4 Å². The van der Waals surface area contributed by atoms with Gasteiger partial charge in [0.2, 0.25) is 0 Å². The van der Waals surface area contributed by atoms with Gasteiger partial charge in [-0.1, -0.05) is 5.21 Å². The van der Waals surface area contributed by atoms with Crippen molar-refractivity contribution in [2.75, 3.05) is 13.2 Å². The van der Waals surface area contributed by atoms with Crippen LogP contribution in [0.3, 0.4) is 0 Å². The van der Waals surface area contributed by atoms with Crippen LogP contribution in [0.1, 0.15) is 37.0 Å². The molecule has 1 rings (SSSR count). The van der Waals surface area contributed by atoms with Gasteiger partial charge < -0.3 is 9.47 Å². The first-order chi connectivity index (χ1) is 8.60. The molecule has 1 aromatic rings. The number of carbonyl (C=O) groups is 1. The molecule has 0 bridgehead atoms. The third-order valence-corrected chi connectivity index (χ3v) is 2.44. The van der Waals surface area contributed by atoms with E-state index in [2.05, 4.69) is 10.3 Å². The van der Waals surface area contributed by atoms with Gasteiger partial charge >= 0.3 is 5.97 Å². The Morgan fingerprint density at radius 3 is 2.78 bits per heavy atom. The Balaban J connectivity index is 2.72. The molecule has 0 N–H and O–H groups in total. The van der Waals surface area contributed by atoms with Crippen LogP contribution in [-0.2, 0) is 21.9 Å². The van der Waals surface area contributed by atoms with Gasteiger partial charge in [0.15, 0.2) is 5.69 Å². The van der Waals surface area contributed by atoms with Gasteiger partial charge in [0, 0.05) is 0 Å². The predicted molar refractivity (Wildman–Crippen MR) is 66.6 cm³/mol. The summed E-state index contributed by atoms with van der Waals surface area (Å²) in [7, 11) is 0. The molecule has 0 atom stereocenters. The second kappa shape index (κ2) is 7.33. The van der Waals surface area contributed by atoms with Crippen LogP contribution in [0.4, 0.5) is 0 Å². The molecule has 18 heavy (non-hydrogen) atoms. The van der Waals surface area contributed by atoms with Crippen molar-refractivity contribution in [3.05, 3.63) is 11.4 Å². The summed E-state index contributed by atoms with van der Waals surface area (Å²) in [5, 5.41) is 7.69. The number of nitrogens with zero attached hydrogens (tertiary/aromatic N) is 3. The van der Waals surface area contributed by atoms with Gasteiger partial charge in [-0.25, -0.2) is 9.48 Å². The number of carbonyl (C=O) groups excluding carboxylic acids is 1. The normalized spacial score (nSPS) is 10.9. The smallest absolute Gasteiger partial charge is 0.360 e. The molecule has 0 amide bonds. The van der Waals surface area contributed by atoms with E-state index in [4.69, 9.17) is 21.1 Å². The van der Waals surface area contributed by atoms with Crippen LogP contribution >= 0.6 is 11.6 Å². The van der Waals surface area contributed by atoms with Crippen molar-refractivity contribution in [1.82, 2.24) is 15.0 Å². The third kappa shape index (κ3) is 3.96. The van der Waals surface area contributed by atoms with Gasteiger partial charge in [-0.05, 0) is 20.8 Å². The van der Waals surface area contributed by atoms with Crippen LogP contribution in [0, 0.1) is 0 Å². The quantitative estimate of drug-likeness (QED) is 0.559. The molecule has 0 spiro atoms. The molecule has 0 aromatic carbocycles. The molecule has 0 fully saturated rings. The first-order valence-electron chi connectivity index (χ1n) is 5.87. The molecule has 0 unspecified atom stereocenters. The Labute approximate surface area is 111 Å². The van der Waals surface area contributed by atoms with Crippen molar-refractivity contribution < 1.29 is 14.3 Å². The number of ether oxygens (including phenoxy) is 2. The van der Waals surface area contributed by atoms with Crippen molar-refractivity contribution in [3.8, 4) is 0 Å². The summed E-state index contributed by atoms with van der Waals surface area (Å²) in [6.07, 6.45) is 0.150. The monoisotopic (exact) mass is 275 g/mol. The number of rotatable bonds is 7. The van der Waals surface area contributed by atoms with Gasteiger partial charge in [0.1, 0.15) is 0 Å². The minimum atomic E-state index is -0.496. The Bertz CT molecular complexity index is 393. The molecule has 7 heteroatoms. The van der Waals surface area contributed by atoms with Crippen LogP contribution in [0.2, 0.25) is 0 Å². The van der Waals surface area contributed by atoms with Gasteiger partial charge in [-0.15, -0.1) is 16.7 Å². The lowest BCUT2D eigenvalue weighted by molar-refractivity contribution is 0.0517. The number of halogens is 1. The molecule has 0 radical (unpaired) electrons. The van der Waals surface area contributed by atoms with E-state index < -0.39 is 5.97 Å². The summed E-state index contributed by atoms with van der Waals surface area (Å²) in [4.78, 5) is 11.6. The molecule has 0 aliphatic rings. The van der Waals surface area contributed by atoms with Crippen molar-refractivity contribution in [2.24, 2.45) is 0 Å². The Morgan fingerprint density at radius 2 is 2.22 bits per heavy atom. The largest absolute Gasteiger partial charge is 0.461 e. The van der Waals surface area contributed by atoms with Gasteiger partial charge in [-0.3, -0.25) is 0 Å². The third-order valence-electron chi connectivity index (χ3n) is 2.19. The second-order valence-electron chi connectivity index (χ2n) is 3.88. The highest BCUT2D eigenvalue weighted by Gasteiger charge is 2.19. The lowest BCUT2D eigenvalue weighted by atomic mass is 10.3. The summed E-state index contributed by atoms with van der Waals surface area (Å²) in [6, 6.07) is 0. The van der Waals surface area contributed by atoms with E-state index in [0.29, 0.717) is 25.5 Å². The zero-order valence-electron chi connectivity index (χ0n) is 10.9. The molecule has 0 aliphatic carbocycles. The molecule has 0 aliphatic heterocycles. The fourth-order valence-electron chi connectivity index (χ4n) is 1.38. The maximum absolute atomic E-state index is 11.6. The van der Waals surface area contributed by atoms with Crippen molar-refractivity contribution in [1.29, 1.82) is 0 Å². The van der Waals surface area contributed by atoms with E-state index in [-0.39, 0.29) is 17.7 Å². The molecule has 1 aromatic heterocycles. The number of hydrogen-bond acceptors (Lipinski definition) is 5.